The van der Waals surface area contributed by atoms with Crippen molar-refractivity contribution in [1.29, 1.82) is 0 Å². The summed E-state index contributed by atoms with van der Waals surface area (Å²) in [5.41, 5.74) is 7.50. The first-order chi connectivity index (χ1) is 15.7. The quantitative estimate of drug-likeness (QED) is 0.563. The van der Waals surface area contributed by atoms with Crippen LogP contribution in [0.15, 0.2) is 18.2 Å². The molecule has 9 heteroatoms. The van der Waals surface area contributed by atoms with Crippen LogP contribution in [0.3, 0.4) is 0 Å². The average Bonchev–Trinajstić information content (AvgIpc) is 3.10. The zero-order valence-electron chi connectivity index (χ0n) is 19.8. The summed E-state index contributed by atoms with van der Waals surface area (Å²) in [4.78, 5) is 22.7. The van der Waals surface area contributed by atoms with Crippen LogP contribution in [0.4, 0.5) is 5.82 Å². The number of hydrogen-bond acceptors (Lipinski definition) is 7. The Bertz CT molecular complexity index is 1160. The van der Waals surface area contributed by atoms with Gasteiger partial charge < -0.3 is 29.8 Å². The van der Waals surface area contributed by atoms with Crippen molar-refractivity contribution in [1.82, 2.24) is 19.4 Å². The third-order valence-corrected chi connectivity index (χ3v) is 5.92. The van der Waals surface area contributed by atoms with E-state index in [1.165, 1.54) is 0 Å². The summed E-state index contributed by atoms with van der Waals surface area (Å²) < 4.78 is 13.8. The number of anilines is 1. The van der Waals surface area contributed by atoms with Crippen LogP contribution in [0.1, 0.15) is 46.4 Å². The largest absolute Gasteiger partial charge is 0.490 e. The third kappa shape index (κ3) is 5.04. The van der Waals surface area contributed by atoms with Gasteiger partial charge in [0.15, 0.2) is 5.82 Å². The first-order valence-corrected chi connectivity index (χ1v) is 11.5. The summed E-state index contributed by atoms with van der Waals surface area (Å²) in [5.74, 6) is 1.86. The Labute approximate surface area is 193 Å². The zero-order chi connectivity index (χ0) is 23.8. The minimum Gasteiger partial charge on any atom is -0.490 e. The highest BCUT2D eigenvalue weighted by Gasteiger charge is 2.24. The van der Waals surface area contributed by atoms with Crippen molar-refractivity contribution in [2.24, 2.45) is 0 Å². The van der Waals surface area contributed by atoms with Gasteiger partial charge in [0.25, 0.3) is 0 Å². The minimum absolute atomic E-state index is 0.0534. The van der Waals surface area contributed by atoms with Crippen molar-refractivity contribution in [3.8, 4) is 5.75 Å². The van der Waals surface area contributed by atoms with Gasteiger partial charge in [0.2, 0.25) is 5.91 Å². The van der Waals surface area contributed by atoms with Gasteiger partial charge in [-0.15, -0.1) is 0 Å². The molecule has 1 aromatic carbocycles. The maximum Gasteiger partial charge on any atom is 0.219 e. The highest BCUT2D eigenvalue weighted by atomic mass is 16.5. The van der Waals surface area contributed by atoms with Crippen molar-refractivity contribution in [2.75, 3.05) is 25.4 Å². The van der Waals surface area contributed by atoms with Crippen LogP contribution in [-0.4, -0.2) is 61.9 Å². The molecule has 3 N–H and O–H groups in total. The maximum absolute atomic E-state index is 11.6. The van der Waals surface area contributed by atoms with E-state index in [-0.39, 0.29) is 12.0 Å². The summed E-state index contributed by atoms with van der Waals surface area (Å²) in [7, 11) is 0. The molecule has 3 heterocycles. The number of benzene rings is 1. The maximum atomic E-state index is 11.6. The number of aromatic nitrogens is 3. The molecule has 3 aromatic rings. The number of rotatable bonds is 7. The van der Waals surface area contributed by atoms with Gasteiger partial charge in [-0.1, -0.05) is 0 Å². The van der Waals surface area contributed by atoms with E-state index >= 15 is 0 Å². The van der Waals surface area contributed by atoms with E-state index in [0.717, 1.165) is 29.5 Å². The van der Waals surface area contributed by atoms with E-state index in [2.05, 4.69) is 4.98 Å². The van der Waals surface area contributed by atoms with Gasteiger partial charge in [-0.2, -0.15) is 0 Å². The van der Waals surface area contributed by atoms with E-state index < -0.39 is 5.60 Å². The summed E-state index contributed by atoms with van der Waals surface area (Å²) in [6, 6.07) is 5.80. The molecule has 0 saturated carbocycles. The Hall–Kier alpha value is -2.91. The minimum atomic E-state index is -0.948. The number of nitrogen functional groups attached to an aromatic ring is 1. The summed E-state index contributed by atoms with van der Waals surface area (Å²) in [5, 5.41) is 11.4. The van der Waals surface area contributed by atoms with E-state index in [0.29, 0.717) is 55.5 Å². The van der Waals surface area contributed by atoms with Gasteiger partial charge in [-0.25, -0.2) is 9.97 Å². The highest BCUT2D eigenvalue weighted by molar-refractivity contribution is 6.07. The van der Waals surface area contributed by atoms with Gasteiger partial charge in [-0.05, 0) is 32.9 Å². The lowest BCUT2D eigenvalue weighted by atomic mass is 10.1. The third-order valence-electron chi connectivity index (χ3n) is 5.92. The van der Waals surface area contributed by atoms with E-state index in [9.17, 15) is 9.90 Å². The van der Waals surface area contributed by atoms with E-state index in [1.54, 1.807) is 20.8 Å². The first-order valence-electron chi connectivity index (χ1n) is 11.5. The molecule has 9 nitrogen and oxygen atoms in total. The molecule has 0 radical (unpaired) electrons. The highest BCUT2D eigenvalue weighted by Crippen LogP contribution is 2.32. The van der Waals surface area contributed by atoms with Crippen molar-refractivity contribution in [2.45, 2.75) is 65.4 Å². The number of fused-ring (bicyclic) bond motifs is 3. The Morgan fingerprint density at radius 2 is 2.00 bits per heavy atom. The van der Waals surface area contributed by atoms with Crippen molar-refractivity contribution >= 4 is 33.7 Å². The molecule has 1 aliphatic rings. The lowest BCUT2D eigenvalue weighted by Crippen LogP contribution is -2.40. The molecule has 0 unspecified atom stereocenters. The predicted octanol–water partition coefficient (Wildman–Crippen LogP) is 2.86. The van der Waals surface area contributed by atoms with E-state index in [4.69, 9.17) is 20.2 Å². The number of nitrogens with zero attached hydrogens (tertiary/aromatic N) is 4. The number of aliphatic hydroxyl groups is 1. The van der Waals surface area contributed by atoms with Crippen LogP contribution < -0.4 is 10.5 Å². The molecule has 2 aromatic heterocycles. The normalized spacial score (nSPS) is 15.5. The lowest BCUT2D eigenvalue weighted by molar-refractivity contribution is -0.130. The summed E-state index contributed by atoms with van der Waals surface area (Å²) >= 11 is 0. The van der Waals surface area contributed by atoms with Crippen molar-refractivity contribution in [3.63, 3.8) is 0 Å². The molecular weight excluding hydrogens is 422 g/mol. The number of carbonyl (C=O) groups excluding carboxylic acids is 1. The summed E-state index contributed by atoms with van der Waals surface area (Å²) in [6.45, 7) is 9.70. The molecule has 178 valence electrons. The second-order valence-electron chi connectivity index (χ2n) is 9.26. The number of piperidine rings is 1. The number of ether oxygens (including phenoxy) is 2. The van der Waals surface area contributed by atoms with Crippen LogP contribution in [0.25, 0.3) is 21.9 Å². The molecule has 0 aliphatic carbocycles. The zero-order valence-corrected chi connectivity index (χ0v) is 19.8. The molecule has 1 saturated heterocycles. The molecule has 1 aliphatic heterocycles. The Balaban J connectivity index is 1.70. The number of hydrogen-bond donors (Lipinski definition) is 2. The van der Waals surface area contributed by atoms with Crippen LogP contribution in [0.5, 0.6) is 5.75 Å². The van der Waals surface area contributed by atoms with E-state index in [1.807, 2.05) is 34.6 Å². The Morgan fingerprint density at radius 1 is 1.27 bits per heavy atom. The monoisotopic (exact) mass is 455 g/mol. The topological polar surface area (TPSA) is 116 Å². The van der Waals surface area contributed by atoms with Gasteiger partial charge >= 0.3 is 0 Å². The molecule has 4 rings (SSSR count). The van der Waals surface area contributed by atoms with Crippen LogP contribution in [-0.2, 0) is 22.7 Å². The molecule has 0 bridgehead atoms. The molecule has 1 amide bonds. The van der Waals surface area contributed by atoms with Gasteiger partial charge in [0.05, 0.1) is 23.2 Å². The molecular formula is C24H33N5O4. The summed E-state index contributed by atoms with van der Waals surface area (Å²) in [6.07, 6.45) is 1.65. The van der Waals surface area contributed by atoms with Crippen LogP contribution >= 0.6 is 0 Å². The fourth-order valence-electron chi connectivity index (χ4n) is 4.35. The number of imidazole rings is 1. The number of nitrogens with two attached hydrogens (primary N) is 1. The predicted molar refractivity (Wildman–Crippen MR) is 127 cm³/mol. The second kappa shape index (κ2) is 9.15. The van der Waals surface area contributed by atoms with Crippen molar-refractivity contribution < 1.29 is 19.4 Å². The standard InChI is InChI=1S/C24H33N5O4/c1-5-32-13-20-27-21-22(29(20)14-24(3,4)31)18-7-6-17(12-19(18)26-23(21)25)33-16-8-10-28(11-9-16)15(2)30/h6-7,12,16,31H,5,8-11,13-14H2,1-4H3,(H2,25,26). The smallest absolute Gasteiger partial charge is 0.219 e. The Morgan fingerprint density at radius 3 is 2.64 bits per heavy atom. The molecule has 0 atom stereocenters. The lowest BCUT2D eigenvalue weighted by Gasteiger charge is -2.31. The van der Waals surface area contributed by atoms with Gasteiger partial charge in [-0.3, -0.25) is 4.79 Å². The SMILES string of the molecule is CCOCc1nc2c(N)nc3cc(OC4CCN(C(C)=O)CC4)ccc3c2n1CC(C)(C)O. The molecule has 1 fully saturated rings. The number of likely N-dealkylation sites (tertiary alicyclic amines) is 1. The van der Waals surface area contributed by atoms with Crippen LogP contribution in [0, 0.1) is 0 Å². The number of amides is 1. The number of carbonyl (C=O) groups is 1. The Kier molecular flexibility index (Phi) is 6.45. The van der Waals surface area contributed by atoms with Crippen molar-refractivity contribution in [3.05, 3.63) is 24.0 Å². The second-order valence-corrected chi connectivity index (χ2v) is 9.26. The fraction of sp³-hybridized carbons (Fsp3) is 0.542. The average molecular weight is 456 g/mol. The molecule has 0 spiro atoms. The van der Waals surface area contributed by atoms with Gasteiger partial charge in [0.1, 0.15) is 29.8 Å². The van der Waals surface area contributed by atoms with Crippen LogP contribution in [0.2, 0.25) is 0 Å². The van der Waals surface area contributed by atoms with Gasteiger partial charge in [0, 0.05) is 50.9 Å². The fourth-order valence-corrected chi connectivity index (χ4v) is 4.35. The first kappa shape index (κ1) is 23.3. The number of pyridine rings is 1. The molecule has 33 heavy (non-hydrogen) atoms.